The van der Waals surface area contributed by atoms with Crippen LogP contribution in [0.1, 0.15) is 54.8 Å². The molecule has 9 nitrogen and oxygen atoms in total. The van der Waals surface area contributed by atoms with Crippen molar-refractivity contribution in [2.75, 3.05) is 23.9 Å². The number of methoxy groups -OCH3 is 1. The molecule has 4 aromatic carbocycles. The Morgan fingerprint density at radius 1 is 0.659 bits per heavy atom. The Morgan fingerprint density at radius 3 is 1.59 bits per heavy atom. The number of esters is 2. The van der Waals surface area contributed by atoms with E-state index in [0.29, 0.717) is 16.9 Å². The van der Waals surface area contributed by atoms with Crippen LogP contribution in [-0.2, 0) is 23.9 Å². The van der Waals surface area contributed by atoms with Gasteiger partial charge in [0.2, 0.25) is 11.8 Å². The fourth-order valence-corrected chi connectivity index (χ4v) is 6.90. The molecule has 9 heteroatoms. The van der Waals surface area contributed by atoms with Crippen LogP contribution in [-0.4, -0.2) is 43.4 Å². The Labute approximate surface area is 252 Å². The molecule has 4 aliphatic rings. The maximum absolute atomic E-state index is 13.9. The van der Waals surface area contributed by atoms with E-state index in [1.54, 1.807) is 12.1 Å². The maximum Gasteiger partial charge on any atom is 0.338 e. The van der Waals surface area contributed by atoms with E-state index in [9.17, 15) is 24.0 Å². The molecule has 44 heavy (non-hydrogen) atoms. The molecule has 0 saturated carbocycles. The molecule has 0 radical (unpaired) electrons. The van der Waals surface area contributed by atoms with Crippen LogP contribution in [0, 0.1) is 11.8 Å². The number of benzene rings is 4. The van der Waals surface area contributed by atoms with Crippen molar-refractivity contribution >= 4 is 41.0 Å². The minimum atomic E-state index is -0.732. The molecule has 2 atom stereocenters. The van der Waals surface area contributed by atoms with Gasteiger partial charge in [-0.1, -0.05) is 48.5 Å². The second-order valence-electron chi connectivity index (χ2n) is 11.0. The molecule has 2 bridgehead atoms. The zero-order chi connectivity index (χ0) is 30.5. The molecule has 1 saturated heterocycles. The van der Waals surface area contributed by atoms with E-state index in [-0.39, 0.29) is 29.2 Å². The number of ether oxygens (including phenoxy) is 2. The summed E-state index contributed by atoms with van der Waals surface area (Å²) in [4.78, 5) is 65.6. The van der Waals surface area contributed by atoms with Crippen molar-refractivity contribution in [2.45, 2.75) is 11.8 Å². The Hall–Kier alpha value is -5.57. The highest BCUT2D eigenvalue weighted by Gasteiger charge is 2.61. The summed E-state index contributed by atoms with van der Waals surface area (Å²) >= 11 is 0. The predicted octanol–water partition coefficient (Wildman–Crippen LogP) is 4.67. The third-order valence-electron chi connectivity index (χ3n) is 8.73. The number of hydrogen-bond donors (Lipinski definition) is 1. The average Bonchev–Trinajstić information content (AvgIpc) is 3.33. The van der Waals surface area contributed by atoms with Crippen LogP contribution in [0.25, 0.3) is 0 Å². The molecule has 1 N–H and O–H groups in total. The normalized spacial score (nSPS) is 20.8. The number of rotatable bonds is 6. The van der Waals surface area contributed by atoms with Crippen LogP contribution in [0.4, 0.5) is 11.4 Å². The minimum Gasteiger partial charge on any atom is -0.465 e. The van der Waals surface area contributed by atoms with Crippen molar-refractivity contribution in [1.29, 1.82) is 0 Å². The van der Waals surface area contributed by atoms with E-state index in [2.05, 4.69) is 34.3 Å². The van der Waals surface area contributed by atoms with E-state index >= 15 is 0 Å². The van der Waals surface area contributed by atoms with Crippen LogP contribution in [0.5, 0.6) is 0 Å². The molecular formula is C35H26N2O7. The van der Waals surface area contributed by atoms with Crippen LogP contribution < -0.4 is 10.2 Å². The summed E-state index contributed by atoms with van der Waals surface area (Å²) < 4.78 is 9.81. The quantitative estimate of drug-likeness (QED) is 0.258. The van der Waals surface area contributed by atoms with Crippen LogP contribution in [0.3, 0.4) is 0 Å². The zero-order valence-electron chi connectivity index (χ0n) is 23.6. The summed E-state index contributed by atoms with van der Waals surface area (Å²) in [6.45, 7) is -0.532. The van der Waals surface area contributed by atoms with Crippen molar-refractivity contribution in [1.82, 2.24) is 0 Å². The fraction of sp³-hybridized carbons (Fsp3) is 0.171. The zero-order valence-corrected chi connectivity index (χ0v) is 23.6. The number of imide groups is 1. The van der Waals surface area contributed by atoms with Gasteiger partial charge in [0.1, 0.15) is 0 Å². The first-order valence-electron chi connectivity index (χ1n) is 14.2. The Kier molecular flexibility index (Phi) is 6.58. The highest BCUT2D eigenvalue weighted by atomic mass is 16.5. The molecule has 3 aliphatic carbocycles. The monoisotopic (exact) mass is 586 g/mol. The van der Waals surface area contributed by atoms with Crippen LogP contribution in [0.2, 0.25) is 0 Å². The van der Waals surface area contributed by atoms with Crippen molar-refractivity contribution in [3.05, 3.63) is 130 Å². The third-order valence-corrected chi connectivity index (χ3v) is 8.73. The predicted molar refractivity (Wildman–Crippen MR) is 159 cm³/mol. The van der Waals surface area contributed by atoms with Gasteiger partial charge in [-0.25, -0.2) is 14.5 Å². The van der Waals surface area contributed by atoms with Crippen LogP contribution >= 0.6 is 0 Å². The first-order chi connectivity index (χ1) is 21.4. The summed E-state index contributed by atoms with van der Waals surface area (Å²) in [7, 11) is 1.28. The standard InChI is InChI=1S/C35H26N2O7/c1-43-34(41)19-10-14-21(15-11-19)36-27(38)18-44-35(42)20-12-16-22(17-13-20)37-32(39)30-28-23-6-2-3-7-24(23)29(31(30)33(37)40)26-9-5-4-8-25(26)28/h2-17,28-31H,18H2,1H3,(H,36,38)/t28?,29?,30-,31+. The molecular weight excluding hydrogens is 560 g/mol. The number of nitrogens with one attached hydrogen (secondary N) is 1. The highest BCUT2D eigenvalue weighted by Crippen LogP contribution is 2.61. The van der Waals surface area contributed by atoms with E-state index < -0.39 is 36.3 Å². The number of amides is 3. The van der Waals surface area contributed by atoms with E-state index in [1.165, 1.54) is 48.4 Å². The lowest BCUT2D eigenvalue weighted by atomic mass is 9.55. The second-order valence-corrected chi connectivity index (χ2v) is 11.0. The van der Waals surface area contributed by atoms with Crippen molar-refractivity contribution < 1.29 is 33.4 Å². The van der Waals surface area contributed by atoms with Gasteiger partial charge in [-0.2, -0.15) is 0 Å². The molecule has 0 unspecified atom stereocenters. The van der Waals surface area contributed by atoms with Gasteiger partial charge in [-0.05, 0) is 70.8 Å². The summed E-state index contributed by atoms with van der Waals surface area (Å²) in [6, 6.07) is 28.2. The van der Waals surface area contributed by atoms with Gasteiger partial charge in [-0.15, -0.1) is 0 Å². The first kappa shape index (κ1) is 27.3. The largest absolute Gasteiger partial charge is 0.465 e. The number of carbonyl (C=O) groups is 5. The van der Waals surface area contributed by atoms with Gasteiger partial charge in [0.25, 0.3) is 5.91 Å². The first-order valence-corrected chi connectivity index (χ1v) is 14.2. The molecule has 4 aromatic rings. The summed E-state index contributed by atoms with van der Waals surface area (Å²) in [5, 5.41) is 2.59. The molecule has 218 valence electrons. The molecule has 1 fully saturated rings. The molecule has 3 amide bonds. The van der Waals surface area contributed by atoms with Crippen molar-refractivity contribution in [3.63, 3.8) is 0 Å². The molecule has 1 heterocycles. The van der Waals surface area contributed by atoms with Gasteiger partial charge in [0.15, 0.2) is 6.61 Å². The lowest BCUT2D eigenvalue weighted by Gasteiger charge is -2.45. The minimum absolute atomic E-state index is 0.167. The van der Waals surface area contributed by atoms with E-state index in [4.69, 9.17) is 4.74 Å². The number of nitrogens with zero attached hydrogens (tertiary/aromatic N) is 1. The van der Waals surface area contributed by atoms with Gasteiger partial charge >= 0.3 is 11.9 Å². The van der Waals surface area contributed by atoms with Gasteiger partial charge < -0.3 is 14.8 Å². The Bertz CT molecular complexity index is 1730. The third kappa shape index (κ3) is 4.27. The van der Waals surface area contributed by atoms with Crippen molar-refractivity contribution in [3.8, 4) is 0 Å². The summed E-state index contributed by atoms with van der Waals surface area (Å²) in [5.74, 6) is -3.69. The maximum atomic E-state index is 13.9. The second kappa shape index (κ2) is 10.6. The molecule has 0 spiro atoms. The molecule has 0 aromatic heterocycles. The van der Waals surface area contributed by atoms with Gasteiger partial charge in [0.05, 0.1) is 35.8 Å². The summed E-state index contributed by atoms with van der Waals surface area (Å²) in [6.07, 6.45) is 0. The summed E-state index contributed by atoms with van der Waals surface area (Å²) in [5.41, 5.74) is 5.69. The van der Waals surface area contributed by atoms with E-state index in [0.717, 1.165) is 22.3 Å². The fourth-order valence-electron chi connectivity index (χ4n) is 6.90. The van der Waals surface area contributed by atoms with Gasteiger partial charge in [-0.3, -0.25) is 14.4 Å². The van der Waals surface area contributed by atoms with Gasteiger partial charge in [0, 0.05) is 17.5 Å². The van der Waals surface area contributed by atoms with Crippen molar-refractivity contribution in [2.24, 2.45) is 11.8 Å². The molecule has 1 aliphatic heterocycles. The topological polar surface area (TPSA) is 119 Å². The SMILES string of the molecule is COC(=O)c1ccc(NC(=O)COC(=O)c2ccc(N3C(=O)[C@@H]4C5c6ccccc6C(c6ccccc65)[C@@H]4C3=O)cc2)cc1. The lowest BCUT2D eigenvalue weighted by Crippen LogP contribution is -2.41. The Balaban J connectivity index is 1.04. The van der Waals surface area contributed by atoms with Crippen LogP contribution in [0.15, 0.2) is 97.1 Å². The molecule has 8 rings (SSSR count). The van der Waals surface area contributed by atoms with E-state index in [1.807, 2.05) is 24.3 Å². The smallest absolute Gasteiger partial charge is 0.338 e. The Morgan fingerprint density at radius 2 is 1.11 bits per heavy atom. The highest BCUT2D eigenvalue weighted by molar-refractivity contribution is 6.23. The number of hydrogen-bond acceptors (Lipinski definition) is 7. The lowest BCUT2D eigenvalue weighted by molar-refractivity contribution is -0.122. The number of anilines is 2. The number of carbonyl (C=O) groups excluding carboxylic acids is 5. The average molecular weight is 587 g/mol.